The first-order chi connectivity index (χ1) is 7.49. The lowest BCUT2D eigenvalue weighted by Crippen LogP contribution is -2.51. The number of cyclic esters (lactones) is 2. The van der Waals surface area contributed by atoms with Gasteiger partial charge in [-0.15, -0.1) is 0 Å². The van der Waals surface area contributed by atoms with Gasteiger partial charge in [-0.1, -0.05) is 0 Å². The molecule has 16 heavy (non-hydrogen) atoms. The predicted octanol–water partition coefficient (Wildman–Crippen LogP) is 0.331. The summed E-state index contributed by atoms with van der Waals surface area (Å²) in [5.41, 5.74) is 0. The lowest BCUT2D eigenvalue weighted by atomic mass is 9.58. The minimum absolute atomic E-state index is 0.0747. The Labute approximate surface area is 93.0 Å². The molecule has 5 nitrogen and oxygen atoms in total. The monoisotopic (exact) mass is 226 g/mol. The van der Waals surface area contributed by atoms with Crippen LogP contribution in [0, 0.1) is 23.7 Å². The van der Waals surface area contributed by atoms with E-state index in [0.717, 1.165) is 0 Å². The average Bonchev–Trinajstić information content (AvgIpc) is 2.29. The Balaban J connectivity index is 1.82. The van der Waals surface area contributed by atoms with Gasteiger partial charge < -0.3 is 14.2 Å². The van der Waals surface area contributed by atoms with E-state index in [0.29, 0.717) is 13.2 Å². The van der Waals surface area contributed by atoms with E-state index < -0.39 is 5.79 Å². The van der Waals surface area contributed by atoms with Crippen LogP contribution in [0.2, 0.25) is 0 Å². The topological polar surface area (TPSA) is 61.8 Å². The van der Waals surface area contributed by atoms with Crippen LogP contribution in [0.15, 0.2) is 0 Å². The number of hydrogen-bond acceptors (Lipinski definition) is 5. The van der Waals surface area contributed by atoms with E-state index >= 15 is 0 Å². The Morgan fingerprint density at radius 3 is 1.88 bits per heavy atom. The highest BCUT2D eigenvalue weighted by atomic mass is 16.7. The second-order valence-electron chi connectivity index (χ2n) is 5.14. The molecule has 0 aromatic rings. The van der Waals surface area contributed by atoms with E-state index in [1.54, 1.807) is 0 Å². The quantitative estimate of drug-likeness (QED) is 0.440. The van der Waals surface area contributed by atoms with Gasteiger partial charge in [-0.2, -0.15) is 0 Å². The second kappa shape index (κ2) is 3.05. The standard InChI is InChI=1S/C11H14O5/c1-11(2)14-3-5-6(4-15-11)8-7(5)9(12)16-10(8)13/h5-8H,3-4H2,1-2H3/t5-,6+,7+,8-. The molecule has 1 aliphatic carbocycles. The largest absolute Gasteiger partial charge is 0.393 e. The van der Waals surface area contributed by atoms with Crippen molar-refractivity contribution in [2.45, 2.75) is 19.6 Å². The molecule has 0 aromatic carbocycles. The van der Waals surface area contributed by atoms with Gasteiger partial charge in [-0.3, -0.25) is 9.59 Å². The molecule has 0 bridgehead atoms. The fraction of sp³-hybridized carbons (Fsp3) is 0.818. The molecule has 0 radical (unpaired) electrons. The number of rotatable bonds is 0. The zero-order valence-corrected chi connectivity index (χ0v) is 9.26. The highest BCUT2D eigenvalue weighted by Gasteiger charge is 2.64. The molecule has 3 aliphatic rings. The molecule has 0 aromatic heterocycles. The van der Waals surface area contributed by atoms with Crippen LogP contribution < -0.4 is 0 Å². The molecule has 0 spiro atoms. The first-order valence-electron chi connectivity index (χ1n) is 5.53. The Bertz CT molecular complexity index is 329. The van der Waals surface area contributed by atoms with Crippen molar-refractivity contribution >= 4 is 11.9 Å². The molecule has 2 aliphatic heterocycles. The number of hydrogen-bond donors (Lipinski definition) is 0. The van der Waals surface area contributed by atoms with Crippen molar-refractivity contribution in [3.8, 4) is 0 Å². The van der Waals surface area contributed by atoms with Crippen molar-refractivity contribution in [1.29, 1.82) is 0 Å². The molecule has 3 rings (SSSR count). The summed E-state index contributed by atoms with van der Waals surface area (Å²) in [6.45, 7) is 4.60. The van der Waals surface area contributed by atoms with Gasteiger partial charge in [0.1, 0.15) is 0 Å². The SMILES string of the molecule is CC1(C)OC[C@@H]2[C@H](CO1)[C@H]1C(=O)OC(=O)[C@@H]21. The summed E-state index contributed by atoms with van der Waals surface area (Å²) in [5, 5.41) is 0. The van der Waals surface area contributed by atoms with E-state index in [1.165, 1.54) is 0 Å². The third kappa shape index (κ3) is 1.25. The van der Waals surface area contributed by atoms with Crippen LogP contribution in [0.4, 0.5) is 0 Å². The number of carbonyl (C=O) groups excluding carboxylic acids is 2. The summed E-state index contributed by atoms with van der Waals surface area (Å²) < 4.78 is 15.8. The fourth-order valence-electron chi connectivity index (χ4n) is 2.89. The van der Waals surface area contributed by atoms with Gasteiger partial charge in [0.25, 0.3) is 0 Å². The maximum absolute atomic E-state index is 11.4. The van der Waals surface area contributed by atoms with E-state index in [-0.39, 0.29) is 35.6 Å². The zero-order chi connectivity index (χ0) is 11.5. The Hall–Kier alpha value is -0.940. The molecule has 0 unspecified atom stereocenters. The molecule has 1 saturated carbocycles. The molecule has 0 N–H and O–H groups in total. The van der Waals surface area contributed by atoms with Crippen LogP contribution in [-0.4, -0.2) is 30.9 Å². The molecule has 3 fully saturated rings. The first-order valence-corrected chi connectivity index (χ1v) is 5.53. The van der Waals surface area contributed by atoms with E-state index in [4.69, 9.17) is 9.47 Å². The van der Waals surface area contributed by atoms with Crippen LogP contribution >= 0.6 is 0 Å². The van der Waals surface area contributed by atoms with Crippen molar-refractivity contribution < 1.29 is 23.8 Å². The normalized spacial score (nSPS) is 45.1. The van der Waals surface area contributed by atoms with E-state index in [9.17, 15) is 9.59 Å². The van der Waals surface area contributed by atoms with E-state index in [1.807, 2.05) is 13.8 Å². The van der Waals surface area contributed by atoms with Crippen LogP contribution in [0.1, 0.15) is 13.8 Å². The number of carbonyl (C=O) groups is 2. The summed E-state index contributed by atoms with van der Waals surface area (Å²) in [5.74, 6) is -1.85. The van der Waals surface area contributed by atoms with Crippen molar-refractivity contribution in [2.24, 2.45) is 23.7 Å². The highest BCUT2D eigenvalue weighted by molar-refractivity contribution is 5.98. The van der Waals surface area contributed by atoms with Gasteiger partial charge in [0.05, 0.1) is 25.0 Å². The van der Waals surface area contributed by atoms with Gasteiger partial charge >= 0.3 is 11.9 Å². The summed E-state index contributed by atoms with van der Waals surface area (Å²) in [4.78, 5) is 22.9. The molecule has 2 heterocycles. The highest BCUT2D eigenvalue weighted by Crippen LogP contribution is 2.52. The number of esters is 2. The second-order valence-corrected chi connectivity index (χ2v) is 5.14. The van der Waals surface area contributed by atoms with Gasteiger partial charge in [0, 0.05) is 11.8 Å². The summed E-state index contributed by atoms with van der Waals surface area (Å²) >= 11 is 0. The van der Waals surface area contributed by atoms with Gasteiger partial charge in [0.2, 0.25) is 0 Å². The molecule has 0 amide bonds. The molecule has 2 saturated heterocycles. The molecule has 88 valence electrons. The molecule has 5 heteroatoms. The van der Waals surface area contributed by atoms with Crippen molar-refractivity contribution in [2.75, 3.05) is 13.2 Å². The lowest BCUT2D eigenvalue weighted by Gasteiger charge is -2.41. The Morgan fingerprint density at radius 1 is 1.00 bits per heavy atom. The number of fused-ring (bicyclic) bond motifs is 4. The molecular formula is C11H14O5. The average molecular weight is 226 g/mol. The van der Waals surface area contributed by atoms with Gasteiger partial charge in [-0.25, -0.2) is 0 Å². The van der Waals surface area contributed by atoms with Crippen LogP contribution in [-0.2, 0) is 23.8 Å². The van der Waals surface area contributed by atoms with Crippen molar-refractivity contribution in [1.82, 2.24) is 0 Å². The van der Waals surface area contributed by atoms with Crippen molar-refractivity contribution in [3.63, 3.8) is 0 Å². The van der Waals surface area contributed by atoms with Gasteiger partial charge in [-0.05, 0) is 13.8 Å². The first kappa shape index (κ1) is 10.2. The van der Waals surface area contributed by atoms with E-state index in [2.05, 4.69) is 4.74 Å². The maximum atomic E-state index is 11.4. The summed E-state index contributed by atoms with van der Waals surface area (Å²) in [6, 6.07) is 0. The van der Waals surface area contributed by atoms with Crippen molar-refractivity contribution in [3.05, 3.63) is 0 Å². The molecular weight excluding hydrogens is 212 g/mol. The zero-order valence-electron chi connectivity index (χ0n) is 9.26. The fourth-order valence-corrected chi connectivity index (χ4v) is 2.89. The summed E-state index contributed by atoms with van der Waals surface area (Å²) in [7, 11) is 0. The van der Waals surface area contributed by atoms with Crippen LogP contribution in [0.25, 0.3) is 0 Å². The third-order valence-corrected chi connectivity index (χ3v) is 3.85. The third-order valence-electron chi connectivity index (χ3n) is 3.85. The number of ether oxygens (including phenoxy) is 3. The van der Waals surface area contributed by atoms with Crippen LogP contribution in [0.3, 0.4) is 0 Å². The smallest absolute Gasteiger partial charge is 0.317 e. The lowest BCUT2D eigenvalue weighted by molar-refractivity contribution is -0.202. The maximum Gasteiger partial charge on any atom is 0.317 e. The van der Waals surface area contributed by atoms with Gasteiger partial charge in [0.15, 0.2) is 5.79 Å². The predicted molar refractivity (Wildman–Crippen MR) is 51.0 cm³/mol. The summed E-state index contributed by atoms with van der Waals surface area (Å²) in [6.07, 6.45) is 0. The minimum atomic E-state index is -0.626. The molecule has 4 atom stereocenters. The minimum Gasteiger partial charge on any atom is -0.393 e. The Kier molecular flexibility index (Phi) is 1.95. The van der Waals surface area contributed by atoms with Crippen LogP contribution in [0.5, 0.6) is 0 Å². The Morgan fingerprint density at radius 2 is 1.44 bits per heavy atom.